The zero-order valence-electron chi connectivity index (χ0n) is 12.6. The van der Waals surface area contributed by atoms with Crippen molar-refractivity contribution in [2.45, 2.75) is 46.1 Å². The maximum absolute atomic E-state index is 3.75. The number of hydrogen-bond donors (Lipinski definition) is 1. The molecule has 3 heteroatoms. The van der Waals surface area contributed by atoms with E-state index in [9.17, 15) is 0 Å². The van der Waals surface area contributed by atoms with Crippen LogP contribution in [0, 0.1) is 21.3 Å². The molecule has 0 radical (unpaired) electrons. The van der Waals surface area contributed by atoms with Crippen molar-refractivity contribution in [3.8, 4) is 0 Å². The lowest BCUT2D eigenvalue weighted by molar-refractivity contribution is 0.177. The highest BCUT2D eigenvalue weighted by molar-refractivity contribution is 14.1. The van der Waals surface area contributed by atoms with Crippen LogP contribution in [0.3, 0.4) is 0 Å². The highest BCUT2D eigenvalue weighted by Crippen LogP contribution is 2.41. The summed E-state index contributed by atoms with van der Waals surface area (Å²) in [6.07, 6.45) is 4.09. The van der Waals surface area contributed by atoms with E-state index in [2.05, 4.69) is 82.8 Å². The normalized spacial score (nSPS) is 28.4. The van der Waals surface area contributed by atoms with Gasteiger partial charge in [-0.15, -0.1) is 0 Å². The molecule has 1 saturated carbocycles. The molecule has 3 atom stereocenters. The van der Waals surface area contributed by atoms with E-state index < -0.39 is 0 Å². The molecule has 112 valence electrons. The molecular formula is C17H25BrIN. The first-order valence-electron chi connectivity index (χ1n) is 7.69. The van der Waals surface area contributed by atoms with Crippen LogP contribution >= 0.6 is 38.5 Å². The lowest BCUT2D eigenvalue weighted by atomic mass is 9.72. The van der Waals surface area contributed by atoms with E-state index in [1.807, 2.05) is 0 Å². The molecule has 0 aromatic heterocycles. The Bertz CT molecular complexity index is 439. The SMILES string of the molecule is CCNC(c1cc(I)ccc1Br)C1CC(C)CC(C)C1. The Morgan fingerprint density at radius 2 is 1.90 bits per heavy atom. The summed E-state index contributed by atoms with van der Waals surface area (Å²) in [6.45, 7) is 8.07. The average molecular weight is 450 g/mol. The first kappa shape index (κ1) is 16.8. The molecular weight excluding hydrogens is 425 g/mol. The van der Waals surface area contributed by atoms with E-state index in [4.69, 9.17) is 0 Å². The van der Waals surface area contributed by atoms with E-state index in [1.54, 1.807) is 0 Å². The zero-order chi connectivity index (χ0) is 14.7. The summed E-state index contributed by atoms with van der Waals surface area (Å²) in [6, 6.07) is 7.18. The molecule has 1 aromatic carbocycles. The van der Waals surface area contributed by atoms with E-state index >= 15 is 0 Å². The molecule has 0 saturated heterocycles. The number of rotatable bonds is 4. The smallest absolute Gasteiger partial charge is 0.0360 e. The van der Waals surface area contributed by atoms with E-state index in [0.29, 0.717) is 6.04 Å². The zero-order valence-corrected chi connectivity index (χ0v) is 16.4. The molecule has 0 amide bonds. The molecule has 0 aliphatic heterocycles. The van der Waals surface area contributed by atoms with Crippen LogP contribution in [0.1, 0.15) is 51.6 Å². The lowest BCUT2D eigenvalue weighted by Crippen LogP contribution is -2.33. The van der Waals surface area contributed by atoms with Crippen molar-refractivity contribution in [3.05, 3.63) is 31.8 Å². The standard InChI is InChI=1S/C17H25BrIN/c1-4-20-17(13-8-11(2)7-12(3)9-13)15-10-14(19)5-6-16(15)18/h5-6,10-13,17,20H,4,7-9H2,1-3H3. The second-order valence-electron chi connectivity index (χ2n) is 6.38. The second kappa shape index (κ2) is 7.59. The van der Waals surface area contributed by atoms with Crippen molar-refractivity contribution in [3.63, 3.8) is 0 Å². The summed E-state index contributed by atoms with van der Waals surface area (Å²) in [5.41, 5.74) is 1.44. The van der Waals surface area contributed by atoms with Crippen molar-refractivity contribution >= 4 is 38.5 Å². The molecule has 1 aromatic rings. The van der Waals surface area contributed by atoms with Gasteiger partial charge >= 0.3 is 0 Å². The molecule has 1 N–H and O–H groups in total. The Labute approximate surface area is 145 Å². The molecule has 20 heavy (non-hydrogen) atoms. The summed E-state index contributed by atoms with van der Waals surface area (Å²) in [7, 11) is 0. The number of benzene rings is 1. The lowest BCUT2D eigenvalue weighted by Gasteiger charge is -2.37. The summed E-state index contributed by atoms with van der Waals surface area (Å²) in [5.74, 6) is 2.46. The second-order valence-corrected chi connectivity index (χ2v) is 8.48. The predicted molar refractivity (Wildman–Crippen MR) is 98.9 cm³/mol. The summed E-state index contributed by atoms with van der Waals surface area (Å²) < 4.78 is 2.57. The van der Waals surface area contributed by atoms with Gasteiger partial charge in [0.25, 0.3) is 0 Å². The Morgan fingerprint density at radius 1 is 1.25 bits per heavy atom. The minimum atomic E-state index is 0.481. The monoisotopic (exact) mass is 449 g/mol. The van der Waals surface area contributed by atoms with Crippen LogP contribution in [0.4, 0.5) is 0 Å². The van der Waals surface area contributed by atoms with E-state index in [1.165, 1.54) is 32.9 Å². The molecule has 3 unspecified atom stereocenters. The minimum absolute atomic E-state index is 0.481. The fraction of sp³-hybridized carbons (Fsp3) is 0.647. The quantitative estimate of drug-likeness (QED) is 0.574. The van der Waals surface area contributed by atoms with Crippen LogP contribution < -0.4 is 5.32 Å². The van der Waals surface area contributed by atoms with Gasteiger partial charge < -0.3 is 5.32 Å². The highest BCUT2D eigenvalue weighted by Gasteiger charge is 2.31. The fourth-order valence-corrected chi connectivity index (χ4v) is 4.79. The van der Waals surface area contributed by atoms with Crippen LogP contribution in [-0.4, -0.2) is 6.54 Å². The summed E-state index contributed by atoms with van der Waals surface area (Å²) in [5, 5.41) is 3.74. The summed E-state index contributed by atoms with van der Waals surface area (Å²) >= 11 is 6.17. The topological polar surface area (TPSA) is 12.0 Å². The maximum atomic E-state index is 3.75. The molecule has 0 spiro atoms. The van der Waals surface area contributed by atoms with Gasteiger partial charge in [-0.05, 0) is 89.9 Å². The largest absolute Gasteiger partial charge is 0.310 e. The molecule has 2 rings (SSSR count). The van der Waals surface area contributed by atoms with Crippen LogP contribution in [0.5, 0.6) is 0 Å². The molecule has 1 aliphatic carbocycles. The van der Waals surface area contributed by atoms with Gasteiger partial charge in [0.1, 0.15) is 0 Å². The first-order valence-corrected chi connectivity index (χ1v) is 9.56. The van der Waals surface area contributed by atoms with Crippen LogP contribution in [0.2, 0.25) is 0 Å². The van der Waals surface area contributed by atoms with Gasteiger partial charge in [-0.3, -0.25) is 0 Å². The fourth-order valence-electron chi connectivity index (χ4n) is 3.78. The van der Waals surface area contributed by atoms with Crippen LogP contribution in [0.15, 0.2) is 22.7 Å². The molecule has 0 bridgehead atoms. The summed E-state index contributed by atoms with van der Waals surface area (Å²) in [4.78, 5) is 0. The maximum Gasteiger partial charge on any atom is 0.0360 e. The van der Waals surface area contributed by atoms with Crippen molar-refractivity contribution in [2.75, 3.05) is 6.54 Å². The van der Waals surface area contributed by atoms with Gasteiger partial charge in [-0.1, -0.05) is 36.7 Å². The number of halogens is 2. The molecule has 1 nitrogen and oxygen atoms in total. The number of nitrogens with one attached hydrogen (secondary N) is 1. The van der Waals surface area contributed by atoms with Crippen molar-refractivity contribution < 1.29 is 0 Å². The van der Waals surface area contributed by atoms with Gasteiger partial charge in [-0.2, -0.15) is 0 Å². The van der Waals surface area contributed by atoms with Crippen LogP contribution in [-0.2, 0) is 0 Å². The van der Waals surface area contributed by atoms with Gasteiger partial charge in [-0.25, -0.2) is 0 Å². The third kappa shape index (κ3) is 4.20. The third-order valence-electron chi connectivity index (χ3n) is 4.40. The average Bonchev–Trinajstić information content (AvgIpc) is 2.38. The van der Waals surface area contributed by atoms with Gasteiger partial charge in [0.05, 0.1) is 0 Å². The Hall–Kier alpha value is 0.390. The highest BCUT2D eigenvalue weighted by atomic mass is 127. The Balaban J connectivity index is 2.28. The van der Waals surface area contributed by atoms with E-state index in [0.717, 1.165) is 24.3 Å². The van der Waals surface area contributed by atoms with Gasteiger partial charge in [0, 0.05) is 14.1 Å². The van der Waals surface area contributed by atoms with Crippen molar-refractivity contribution in [1.82, 2.24) is 5.32 Å². The first-order chi connectivity index (χ1) is 9.51. The van der Waals surface area contributed by atoms with Crippen LogP contribution in [0.25, 0.3) is 0 Å². The third-order valence-corrected chi connectivity index (χ3v) is 5.80. The Morgan fingerprint density at radius 3 is 2.50 bits per heavy atom. The molecule has 1 aliphatic rings. The van der Waals surface area contributed by atoms with Gasteiger partial charge in [0.15, 0.2) is 0 Å². The Kier molecular flexibility index (Phi) is 6.36. The number of hydrogen-bond acceptors (Lipinski definition) is 1. The molecule has 1 fully saturated rings. The predicted octanol–water partition coefficient (Wildman–Crippen LogP) is 5.78. The van der Waals surface area contributed by atoms with E-state index in [-0.39, 0.29) is 0 Å². The molecule has 0 heterocycles. The minimum Gasteiger partial charge on any atom is -0.310 e. The van der Waals surface area contributed by atoms with Crippen molar-refractivity contribution in [2.24, 2.45) is 17.8 Å². The van der Waals surface area contributed by atoms with Crippen molar-refractivity contribution in [1.29, 1.82) is 0 Å². The van der Waals surface area contributed by atoms with Gasteiger partial charge in [0.2, 0.25) is 0 Å².